The number of aliphatic hydroxyl groups excluding tert-OH is 2. The maximum Gasteiger partial charge on any atom is 0.0620 e. The van der Waals surface area contributed by atoms with Crippen molar-refractivity contribution < 1.29 is 10.2 Å². The third kappa shape index (κ3) is 11.9. The largest absolute Gasteiger partial charge is 0.395 e. The molecule has 0 fully saturated rings. The number of hydrogen-bond acceptors (Lipinski definition) is 3. The maximum atomic E-state index is 9.06. The molecule has 3 heteroatoms. The minimum absolute atomic E-state index is 0.0118. The first-order chi connectivity index (χ1) is 8.35. The van der Waals surface area contributed by atoms with Gasteiger partial charge in [0.2, 0.25) is 0 Å². The van der Waals surface area contributed by atoms with Gasteiger partial charge in [0.05, 0.1) is 13.2 Å². The zero-order chi connectivity index (χ0) is 12.8. The molecule has 0 amide bonds. The van der Waals surface area contributed by atoms with Crippen LogP contribution in [0.3, 0.4) is 0 Å². The molecule has 0 radical (unpaired) electrons. The van der Waals surface area contributed by atoms with Crippen LogP contribution in [-0.4, -0.2) is 36.0 Å². The van der Waals surface area contributed by atoms with E-state index in [1.165, 1.54) is 38.5 Å². The van der Waals surface area contributed by atoms with E-state index in [0.717, 1.165) is 6.42 Å². The molecule has 0 aromatic rings. The van der Waals surface area contributed by atoms with Crippen molar-refractivity contribution in [3.8, 4) is 0 Å². The highest BCUT2D eigenvalue weighted by molar-refractivity contribution is 4.92. The van der Waals surface area contributed by atoms with Gasteiger partial charge in [0.1, 0.15) is 0 Å². The van der Waals surface area contributed by atoms with Crippen molar-refractivity contribution in [3.63, 3.8) is 0 Å². The molecule has 17 heavy (non-hydrogen) atoms. The first-order valence-corrected chi connectivity index (χ1v) is 6.96. The molecule has 1 unspecified atom stereocenters. The van der Waals surface area contributed by atoms with Gasteiger partial charge in [0.25, 0.3) is 0 Å². The highest BCUT2D eigenvalue weighted by Crippen LogP contribution is 2.07. The fraction of sp³-hybridized carbons (Fsp3) is 0.857. The Balaban J connectivity index is 3.37. The molecule has 102 valence electrons. The second-order valence-electron chi connectivity index (χ2n) is 4.45. The second kappa shape index (κ2) is 13.7. The van der Waals surface area contributed by atoms with E-state index in [1.54, 1.807) is 0 Å². The summed E-state index contributed by atoms with van der Waals surface area (Å²) in [5, 5.41) is 20.8. The standard InChI is InChI=1S/C14H29NO2/c1-2-3-4-5-6-7-8-9-10-14(13-17)15-11-12-16/h9-10,14-17H,2-8,11-13H2,1H3/b10-9+. The molecule has 0 bridgehead atoms. The second-order valence-corrected chi connectivity index (χ2v) is 4.45. The quantitative estimate of drug-likeness (QED) is 0.364. The van der Waals surface area contributed by atoms with Crippen molar-refractivity contribution in [3.05, 3.63) is 12.2 Å². The summed E-state index contributed by atoms with van der Waals surface area (Å²) in [5.74, 6) is 0. The monoisotopic (exact) mass is 243 g/mol. The molecule has 3 N–H and O–H groups in total. The van der Waals surface area contributed by atoms with E-state index in [-0.39, 0.29) is 19.3 Å². The molecule has 0 rings (SSSR count). The zero-order valence-electron chi connectivity index (χ0n) is 11.2. The molecule has 0 heterocycles. The molecule has 0 aliphatic heterocycles. The number of nitrogens with one attached hydrogen (secondary N) is 1. The summed E-state index contributed by atoms with van der Waals surface area (Å²) in [6, 6.07) is -0.0118. The molecule has 0 saturated carbocycles. The number of aliphatic hydroxyl groups is 2. The van der Waals surface area contributed by atoms with Crippen LogP contribution in [0.5, 0.6) is 0 Å². The molecule has 0 spiro atoms. The maximum absolute atomic E-state index is 9.06. The summed E-state index contributed by atoms with van der Waals surface area (Å²) in [5.41, 5.74) is 0. The summed E-state index contributed by atoms with van der Waals surface area (Å²) in [6.45, 7) is 2.97. The predicted octanol–water partition coefficient (Wildman–Crippen LogP) is 2.24. The lowest BCUT2D eigenvalue weighted by Crippen LogP contribution is -2.32. The normalized spacial score (nSPS) is 13.4. The molecule has 0 aromatic heterocycles. The predicted molar refractivity (Wildman–Crippen MR) is 73.1 cm³/mol. The average molecular weight is 243 g/mol. The molecule has 0 aliphatic rings. The van der Waals surface area contributed by atoms with E-state index in [2.05, 4.69) is 18.3 Å². The van der Waals surface area contributed by atoms with Gasteiger partial charge in [-0.15, -0.1) is 0 Å². The Morgan fingerprint density at radius 3 is 2.41 bits per heavy atom. The molecular formula is C14H29NO2. The van der Waals surface area contributed by atoms with Gasteiger partial charge in [-0.05, 0) is 12.8 Å². The Bertz CT molecular complexity index is 172. The minimum atomic E-state index is -0.0118. The van der Waals surface area contributed by atoms with E-state index >= 15 is 0 Å². The highest BCUT2D eigenvalue weighted by atomic mass is 16.3. The number of rotatable bonds is 12. The van der Waals surface area contributed by atoms with Crippen LogP contribution in [0.2, 0.25) is 0 Å². The van der Waals surface area contributed by atoms with Gasteiger partial charge in [-0.2, -0.15) is 0 Å². The Morgan fingerprint density at radius 1 is 1.06 bits per heavy atom. The fourth-order valence-corrected chi connectivity index (χ4v) is 1.75. The van der Waals surface area contributed by atoms with Gasteiger partial charge >= 0.3 is 0 Å². The summed E-state index contributed by atoms with van der Waals surface area (Å²) in [6.07, 6.45) is 13.1. The van der Waals surface area contributed by atoms with Crippen LogP contribution in [-0.2, 0) is 0 Å². The van der Waals surface area contributed by atoms with E-state index in [9.17, 15) is 0 Å². The fourth-order valence-electron chi connectivity index (χ4n) is 1.75. The van der Waals surface area contributed by atoms with Crippen molar-refractivity contribution in [1.82, 2.24) is 5.32 Å². The van der Waals surface area contributed by atoms with Gasteiger partial charge in [-0.1, -0.05) is 51.2 Å². The van der Waals surface area contributed by atoms with E-state index < -0.39 is 0 Å². The average Bonchev–Trinajstić information content (AvgIpc) is 2.36. The SMILES string of the molecule is CCCCCCCC/C=C/C(CO)NCCO. The van der Waals surface area contributed by atoms with Gasteiger partial charge in [-0.25, -0.2) is 0 Å². The van der Waals surface area contributed by atoms with Gasteiger partial charge < -0.3 is 15.5 Å². The number of hydrogen-bond donors (Lipinski definition) is 3. The van der Waals surface area contributed by atoms with Gasteiger partial charge in [-0.3, -0.25) is 0 Å². The van der Waals surface area contributed by atoms with Crippen molar-refractivity contribution in [2.75, 3.05) is 19.8 Å². The summed E-state index contributed by atoms with van der Waals surface area (Å²) in [7, 11) is 0. The molecule has 3 nitrogen and oxygen atoms in total. The third-order valence-electron chi connectivity index (χ3n) is 2.81. The van der Waals surface area contributed by atoms with E-state index in [0.29, 0.717) is 6.54 Å². The van der Waals surface area contributed by atoms with Crippen LogP contribution in [0.15, 0.2) is 12.2 Å². The van der Waals surface area contributed by atoms with Gasteiger partial charge in [0, 0.05) is 12.6 Å². The van der Waals surface area contributed by atoms with Crippen LogP contribution in [0, 0.1) is 0 Å². The molecule has 0 saturated heterocycles. The Labute approximate surface area is 106 Å². The van der Waals surface area contributed by atoms with Gasteiger partial charge in [0.15, 0.2) is 0 Å². The third-order valence-corrected chi connectivity index (χ3v) is 2.81. The smallest absolute Gasteiger partial charge is 0.0620 e. The first-order valence-electron chi connectivity index (χ1n) is 6.96. The molecule has 0 aliphatic carbocycles. The lowest BCUT2D eigenvalue weighted by atomic mass is 10.1. The lowest BCUT2D eigenvalue weighted by molar-refractivity contribution is 0.244. The summed E-state index contributed by atoms with van der Waals surface area (Å²) >= 11 is 0. The number of unbranched alkanes of at least 4 members (excludes halogenated alkanes) is 6. The zero-order valence-corrected chi connectivity index (χ0v) is 11.2. The number of allylic oxidation sites excluding steroid dienone is 1. The topological polar surface area (TPSA) is 52.5 Å². The van der Waals surface area contributed by atoms with Crippen molar-refractivity contribution in [1.29, 1.82) is 0 Å². The Morgan fingerprint density at radius 2 is 1.76 bits per heavy atom. The van der Waals surface area contributed by atoms with Crippen LogP contribution in [0.1, 0.15) is 51.9 Å². The first kappa shape index (κ1) is 16.6. The van der Waals surface area contributed by atoms with Crippen LogP contribution < -0.4 is 5.32 Å². The van der Waals surface area contributed by atoms with Crippen molar-refractivity contribution in [2.24, 2.45) is 0 Å². The van der Waals surface area contributed by atoms with E-state index in [1.807, 2.05) is 6.08 Å². The van der Waals surface area contributed by atoms with E-state index in [4.69, 9.17) is 10.2 Å². The minimum Gasteiger partial charge on any atom is -0.395 e. The van der Waals surface area contributed by atoms with Crippen molar-refractivity contribution >= 4 is 0 Å². The summed E-state index contributed by atoms with van der Waals surface area (Å²) in [4.78, 5) is 0. The highest BCUT2D eigenvalue weighted by Gasteiger charge is 1.99. The van der Waals surface area contributed by atoms with Crippen LogP contribution in [0.25, 0.3) is 0 Å². The van der Waals surface area contributed by atoms with Crippen LogP contribution >= 0.6 is 0 Å². The molecule has 0 aromatic carbocycles. The lowest BCUT2D eigenvalue weighted by Gasteiger charge is -2.10. The van der Waals surface area contributed by atoms with Crippen LogP contribution in [0.4, 0.5) is 0 Å². The molecular weight excluding hydrogens is 214 g/mol. The Kier molecular flexibility index (Phi) is 13.4. The summed E-state index contributed by atoms with van der Waals surface area (Å²) < 4.78 is 0. The molecule has 1 atom stereocenters. The van der Waals surface area contributed by atoms with Crippen molar-refractivity contribution in [2.45, 2.75) is 57.9 Å². The Hall–Kier alpha value is -0.380.